The maximum absolute atomic E-state index is 13.7. The third kappa shape index (κ3) is 6.21. The van der Waals surface area contributed by atoms with E-state index in [4.69, 9.17) is 14.6 Å². The molecule has 2 N–H and O–H groups in total. The normalized spacial score (nSPS) is 16.0. The van der Waals surface area contributed by atoms with Crippen LogP contribution in [0.1, 0.15) is 12.5 Å². The summed E-state index contributed by atoms with van der Waals surface area (Å²) in [7, 11) is 1.66. The van der Waals surface area contributed by atoms with Crippen molar-refractivity contribution in [3.63, 3.8) is 0 Å². The number of anilines is 1. The van der Waals surface area contributed by atoms with Gasteiger partial charge in [-0.1, -0.05) is 12.1 Å². The van der Waals surface area contributed by atoms with Gasteiger partial charge in [-0.25, -0.2) is 9.18 Å². The first-order valence-electron chi connectivity index (χ1n) is 10.5. The van der Waals surface area contributed by atoms with Gasteiger partial charge in [-0.3, -0.25) is 4.90 Å². The van der Waals surface area contributed by atoms with Crippen LogP contribution in [0.2, 0.25) is 0 Å². The number of aliphatic hydroxyl groups is 1. The number of aliphatic carboxylic acids is 1. The van der Waals surface area contributed by atoms with Crippen LogP contribution in [0.3, 0.4) is 0 Å². The minimum Gasteiger partial charge on any atom is -0.495 e. The number of para-hydroxylation sites is 2. The summed E-state index contributed by atoms with van der Waals surface area (Å²) in [4.78, 5) is 15.4. The van der Waals surface area contributed by atoms with E-state index < -0.39 is 17.9 Å². The quantitative estimate of drug-likeness (QED) is 0.576. The lowest BCUT2D eigenvalue weighted by atomic mass is 10.1. The molecule has 0 saturated carbocycles. The number of β-amino-alcohol motifs (C(OH)–C–C–N with tert-alkyl or cyclic N) is 1. The number of carbonyl (C=O) groups is 1. The Morgan fingerprint density at radius 1 is 1.16 bits per heavy atom. The highest BCUT2D eigenvalue weighted by molar-refractivity contribution is 5.90. The van der Waals surface area contributed by atoms with E-state index in [-0.39, 0.29) is 6.61 Å². The van der Waals surface area contributed by atoms with Crippen LogP contribution in [0.25, 0.3) is 5.57 Å². The summed E-state index contributed by atoms with van der Waals surface area (Å²) in [6.45, 7) is 5.25. The van der Waals surface area contributed by atoms with Crippen molar-refractivity contribution in [3.8, 4) is 11.5 Å². The lowest BCUT2D eigenvalue weighted by Gasteiger charge is -2.37. The Bertz CT molecular complexity index is 957. The monoisotopic (exact) mass is 444 g/mol. The highest BCUT2D eigenvalue weighted by atomic mass is 19.1. The first-order valence-corrected chi connectivity index (χ1v) is 10.5. The molecule has 0 aromatic heterocycles. The van der Waals surface area contributed by atoms with Gasteiger partial charge >= 0.3 is 5.97 Å². The van der Waals surface area contributed by atoms with Gasteiger partial charge in [-0.05, 0) is 42.8 Å². The number of piperazine rings is 1. The molecule has 2 aromatic rings. The zero-order valence-corrected chi connectivity index (χ0v) is 18.3. The average molecular weight is 445 g/mol. The van der Waals surface area contributed by atoms with Gasteiger partial charge in [-0.2, -0.15) is 0 Å². The van der Waals surface area contributed by atoms with Crippen molar-refractivity contribution in [2.45, 2.75) is 13.0 Å². The predicted molar refractivity (Wildman–Crippen MR) is 121 cm³/mol. The van der Waals surface area contributed by atoms with Gasteiger partial charge in [0.25, 0.3) is 0 Å². The number of allylic oxidation sites excluding steroid dienone is 1. The Balaban J connectivity index is 1.53. The number of carboxylic acids is 1. The zero-order valence-electron chi connectivity index (χ0n) is 18.3. The molecule has 1 atom stereocenters. The summed E-state index contributed by atoms with van der Waals surface area (Å²) in [6, 6.07) is 11.8. The molecule has 2 aromatic carbocycles. The van der Waals surface area contributed by atoms with Crippen LogP contribution < -0.4 is 14.4 Å². The number of ether oxygens (including phenoxy) is 2. The maximum atomic E-state index is 13.7. The number of hydrogen-bond acceptors (Lipinski definition) is 6. The third-order valence-corrected chi connectivity index (χ3v) is 5.40. The Hall–Kier alpha value is -3.10. The van der Waals surface area contributed by atoms with Gasteiger partial charge in [0.15, 0.2) is 0 Å². The zero-order chi connectivity index (χ0) is 23.1. The smallest absolute Gasteiger partial charge is 0.328 e. The van der Waals surface area contributed by atoms with Gasteiger partial charge in [-0.15, -0.1) is 0 Å². The van der Waals surface area contributed by atoms with E-state index in [2.05, 4.69) is 9.80 Å². The number of carboxylic acid groups (broad SMARTS) is 1. The molecule has 0 amide bonds. The molecule has 0 aliphatic carbocycles. The highest BCUT2D eigenvalue weighted by Gasteiger charge is 2.21. The van der Waals surface area contributed by atoms with Crippen LogP contribution in [-0.2, 0) is 4.79 Å². The molecular formula is C24H29FN2O5. The number of benzene rings is 2. The summed E-state index contributed by atoms with van der Waals surface area (Å²) >= 11 is 0. The summed E-state index contributed by atoms with van der Waals surface area (Å²) < 4.78 is 24.8. The Morgan fingerprint density at radius 3 is 2.56 bits per heavy atom. The SMILES string of the molecule is COc1ccccc1N1CCN(CC(O)COc2ccc(F)cc2C(C)=CC(=O)O)CC1. The summed E-state index contributed by atoms with van der Waals surface area (Å²) in [5.41, 5.74) is 1.78. The van der Waals surface area contributed by atoms with Gasteiger partial charge in [0.05, 0.1) is 12.8 Å². The van der Waals surface area contributed by atoms with E-state index in [0.29, 0.717) is 23.4 Å². The molecule has 8 heteroatoms. The lowest BCUT2D eigenvalue weighted by Crippen LogP contribution is -2.49. The van der Waals surface area contributed by atoms with Gasteiger partial charge in [0.1, 0.15) is 30.0 Å². The molecule has 1 aliphatic rings. The topological polar surface area (TPSA) is 82.5 Å². The molecule has 1 saturated heterocycles. The molecule has 3 rings (SSSR count). The molecular weight excluding hydrogens is 415 g/mol. The molecule has 7 nitrogen and oxygen atoms in total. The molecule has 0 bridgehead atoms. The lowest BCUT2D eigenvalue weighted by molar-refractivity contribution is -0.131. The standard InChI is InChI=1S/C24H29FN2O5/c1-17(13-24(29)30)20-14-18(25)7-8-22(20)32-16-19(28)15-26-9-11-27(12-10-26)21-5-3-4-6-23(21)31-2/h3-8,13-14,19,28H,9-12,15-16H2,1-2H3,(H,29,30). The van der Waals surface area contributed by atoms with Crippen LogP contribution in [-0.4, -0.2) is 73.6 Å². The van der Waals surface area contributed by atoms with Crippen molar-refractivity contribution >= 4 is 17.2 Å². The fourth-order valence-electron chi connectivity index (χ4n) is 3.80. The fraction of sp³-hybridized carbons (Fsp3) is 0.375. The van der Waals surface area contributed by atoms with Crippen molar-refractivity contribution in [2.75, 3.05) is 51.3 Å². The van der Waals surface area contributed by atoms with Crippen molar-refractivity contribution in [2.24, 2.45) is 0 Å². The highest BCUT2D eigenvalue weighted by Crippen LogP contribution is 2.29. The van der Waals surface area contributed by atoms with Crippen molar-refractivity contribution in [1.82, 2.24) is 4.90 Å². The van der Waals surface area contributed by atoms with Gasteiger partial charge in [0.2, 0.25) is 0 Å². The predicted octanol–water partition coefficient (Wildman–Crippen LogP) is 2.88. The summed E-state index contributed by atoms with van der Waals surface area (Å²) in [6.07, 6.45) is 0.258. The maximum Gasteiger partial charge on any atom is 0.328 e. The fourth-order valence-corrected chi connectivity index (χ4v) is 3.80. The van der Waals surface area contributed by atoms with Gasteiger partial charge < -0.3 is 24.6 Å². The van der Waals surface area contributed by atoms with Crippen LogP contribution in [0.15, 0.2) is 48.5 Å². The average Bonchev–Trinajstić information content (AvgIpc) is 2.78. The number of methoxy groups -OCH3 is 1. The second-order valence-electron chi connectivity index (χ2n) is 7.73. The minimum atomic E-state index is -1.12. The molecule has 1 aliphatic heterocycles. The van der Waals surface area contributed by atoms with E-state index in [1.807, 2.05) is 24.3 Å². The first kappa shape index (κ1) is 23.6. The molecule has 0 radical (unpaired) electrons. The molecule has 1 fully saturated rings. The minimum absolute atomic E-state index is 0.0195. The number of aliphatic hydroxyl groups excluding tert-OH is 1. The van der Waals surface area contributed by atoms with E-state index in [1.165, 1.54) is 18.2 Å². The molecule has 0 spiro atoms. The number of halogens is 1. The molecule has 172 valence electrons. The van der Waals surface area contributed by atoms with Crippen molar-refractivity contribution in [1.29, 1.82) is 0 Å². The molecule has 32 heavy (non-hydrogen) atoms. The second-order valence-corrected chi connectivity index (χ2v) is 7.73. The molecule has 1 heterocycles. The summed E-state index contributed by atoms with van der Waals surface area (Å²) in [5, 5.41) is 19.4. The van der Waals surface area contributed by atoms with E-state index in [9.17, 15) is 14.3 Å². The van der Waals surface area contributed by atoms with Crippen LogP contribution >= 0.6 is 0 Å². The van der Waals surface area contributed by atoms with Crippen LogP contribution in [0.5, 0.6) is 11.5 Å². The van der Waals surface area contributed by atoms with E-state index in [0.717, 1.165) is 43.7 Å². The molecule has 1 unspecified atom stereocenters. The van der Waals surface area contributed by atoms with Crippen LogP contribution in [0, 0.1) is 5.82 Å². The Morgan fingerprint density at radius 2 is 1.88 bits per heavy atom. The van der Waals surface area contributed by atoms with Crippen molar-refractivity contribution < 1.29 is 28.9 Å². The Kier molecular flexibility index (Phi) is 8.08. The second kappa shape index (κ2) is 11.0. The third-order valence-electron chi connectivity index (χ3n) is 5.40. The first-order chi connectivity index (χ1) is 15.4. The number of hydrogen-bond donors (Lipinski definition) is 2. The van der Waals surface area contributed by atoms with E-state index >= 15 is 0 Å². The Labute approximate surface area is 187 Å². The van der Waals surface area contributed by atoms with E-state index in [1.54, 1.807) is 14.0 Å². The largest absolute Gasteiger partial charge is 0.495 e. The van der Waals surface area contributed by atoms with Crippen LogP contribution in [0.4, 0.5) is 10.1 Å². The summed E-state index contributed by atoms with van der Waals surface area (Å²) in [5.74, 6) is -0.429. The number of nitrogens with zero attached hydrogens (tertiary/aromatic N) is 2. The van der Waals surface area contributed by atoms with Crippen molar-refractivity contribution in [3.05, 3.63) is 59.9 Å². The van der Waals surface area contributed by atoms with Gasteiger partial charge in [0, 0.05) is 44.4 Å². The number of rotatable bonds is 9.